The van der Waals surface area contributed by atoms with Gasteiger partial charge in [0.1, 0.15) is 5.41 Å². The lowest BCUT2D eigenvalue weighted by molar-refractivity contribution is -0.322. The van der Waals surface area contributed by atoms with Crippen molar-refractivity contribution in [3.05, 3.63) is 0 Å². The Morgan fingerprint density at radius 3 is 1.92 bits per heavy atom. The van der Waals surface area contributed by atoms with Crippen molar-refractivity contribution in [2.75, 3.05) is 13.2 Å². The van der Waals surface area contributed by atoms with Crippen LogP contribution in [0.5, 0.6) is 0 Å². The van der Waals surface area contributed by atoms with Crippen LogP contribution in [0.1, 0.15) is 25.7 Å². The molecule has 1 saturated heterocycles. The molecule has 76 valence electrons. The first-order valence-corrected chi connectivity index (χ1v) is 4.71. The van der Waals surface area contributed by atoms with Gasteiger partial charge in [0.2, 0.25) is 0 Å². The van der Waals surface area contributed by atoms with Gasteiger partial charge in [-0.1, -0.05) is 12.8 Å². The number of alkyl halides is 3. The first-order chi connectivity index (χ1) is 6.06. The van der Waals surface area contributed by atoms with E-state index in [1.165, 1.54) is 0 Å². The second-order valence-electron chi connectivity index (χ2n) is 4.13. The third-order valence-corrected chi connectivity index (χ3v) is 3.42. The van der Waals surface area contributed by atoms with Crippen molar-refractivity contribution in [3.63, 3.8) is 0 Å². The van der Waals surface area contributed by atoms with E-state index in [0.29, 0.717) is 0 Å². The van der Waals surface area contributed by atoms with Crippen LogP contribution in [0.15, 0.2) is 0 Å². The molecule has 0 aromatic heterocycles. The van der Waals surface area contributed by atoms with E-state index < -0.39 is 11.6 Å². The van der Waals surface area contributed by atoms with Crippen LogP contribution >= 0.6 is 0 Å². The quantitative estimate of drug-likeness (QED) is 0.623. The molecule has 1 aliphatic carbocycles. The van der Waals surface area contributed by atoms with Crippen molar-refractivity contribution < 1.29 is 17.9 Å². The summed E-state index contributed by atoms with van der Waals surface area (Å²) in [4.78, 5) is 0. The van der Waals surface area contributed by atoms with Crippen molar-refractivity contribution in [2.45, 2.75) is 31.9 Å². The van der Waals surface area contributed by atoms with Crippen LogP contribution in [0.2, 0.25) is 0 Å². The Morgan fingerprint density at radius 2 is 1.62 bits per heavy atom. The second-order valence-corrected chi connectivity index (χ2v) is 4.13. The topological polar surface area (TPSA) is 9.23 Å². The number of rotatable bonds is 1. The summed E-state index contributed by atoms with van der Waals surface area (Å²) in [5, 5.41) is 0. The predicted octanol–water partition coefficient (Wildman–Crippen LogP) is 2.76. The zero-order valence-electron chi connectivity index (χ0n) is 7.36. The van der Waals surface area contributed by atoms with Gasteiger partial charge in [-0.3, -0.25) is 0 Å². The van der Waals surface area contributed by atoms with Gasteiger partial charge < -0.3 is 4.74 Å². The minimum absolute atomic E-state index is 0.110. The van der Waals surface area contributed by atoms with Gasteiger partial charge in [0, 0.05) is 0 Å². The molecule has 0 unspecified atom stereocenters. The van der Waals surface area contributed by atoms with Crippen molar-refractivity contribution >= 4 is 0 Å². The molecular formula is C9H13F3O. The van der Waals surface area contributed by atoms with Crippen LogP contribution in [0.25, 0.3) is 0 Å². The van der Waals surface area contributed by atoms with E-state index in [-0.39, 0.29) is 19.1 Å². The minimum Gasteiger partial charge on any atom is -0.379 e. The molecule has 0 N–H and O–H groups in total. The molecular weight excluding hydrogens is 181 g/mol. The first-order valence-electron chi connectivity index (χ1n) is 4.71. The summed E-state index contributed by atoms with van der Waals surface area (Å²) >= 11 is 0. The van der Waals surface area contributed by atoms with E-state index >= 15 is 0 Å². The van der Waals surface area contributed by atoms with Crippen molar-refractivity contribution in [1.29, 1.82) is 0 Å². The molecule has 0 radical (unpaired) electrons. The highest BCUT2D eigenvalue weighted by Gasteiger charge is 2.63. The van der Waals surface area contributed by atoms with Gasteiger partial charge >= 0.3 is 6.18 Å². The highest BCUT2D eigenvalue weighted by Crippen LogP contribution is 2.54. The maximum absolute atomic E-state index is 12.7. The van der Waals surface area contributed by atoms with E-state index in [0.717, 1.165) is 25.7 Å². The molecule has 0 spiro atoms. The van der Waals surface area contributed by atoms with Gasteiger partial charge in [-0.15, -0.1) is 0 Å². The fourth-order valence-electron chi connectivity index (χ4n) is 2.43. The average molecular weight is 194 g/mol. The molecule has 1 heterocycles. The van der Waals surface area contributed by atoms with Crippen molar-refractivity contribution in [2.24, 2.45) is 11.3 Å². The normalized spacial score (nSPS) is 28.8. The van der Waals surface area contributed by atoms with Crippen LogP contribution in [0.3, 0.4) is 0 Å². The molecule has 1 aliphatic heterocycles. The molecule has 0 aromatic carbocycles. The van der Waals surface area contributed by atoms with Crippen LogP contribution in [-0.4, -0.2) is 19.4 Å². The molecule has 0 amide bonds. The van der Waals surface area contributed by atoms with E-state index in [4.69, 9.17) is 4.74 Å². The van der Waals surface area contributed by atoms with E-state index in [1.807, 2.05) is 0 Å². The van der Waals surface area contributed by atoms with Crippen LogP contribution in [0, 0.1) is 11.3 Å². The van der Waals surface area contributed by atoms with Gasteiger partial charge in [-0.2, -0.15) is 13.2 Å². The molecule has 1 nitrogen and oxygen atoms in total. The summed E-state index contributed by atoms with van der Waals surface area (Å²) in [6, 6.07) is 0. The predicted molar refractivity (Wildman–Crippen MR) is 41.3 cm³/mol. The number of hydrogen-bond donors (Lipinski definition) is 0. The molecule has 1 saturated carbocycles. The summed E-state index contributed by atoms with van der Waals surface area (Å²) in [7, 11) is 0. The molecule has 13 heavy (non-hydrogen) atoms. The Balaban J connectivity index is 2.14. The SMILES string of the molecule is FC(F)(F)C1(C2CCCC2)COC1. The van der Waals surface area contributed by atoms with E-state index in [9.17, 15) is 13.2 Å². The summed E-state index contributed by atoms with van der Waals surface area (Å²) in [6.07, 6.45) is -0.725. The third-order valence-electron chi connectivity index (χ3n) is 3.42. The van der Waals surface area contributed by atoms with E-state index in [1.54, 1.807) is 0 Å². The summed E-state index contributed by atoms with van der Waals surface area (Å²) in [5.41, 5.74) is -1.48. The summed E-state index contributed by atoms with van der Waals surface area (Å²) in [5.74, 6) is -0.179. The zero-order valence-corrected chi connectivity index (χ0v) is 7.36. The number of ether oxygens (including phenoxy) is 1. The molecule has 2 rings (SSSR count). The van der Waals surface area contributed by atoms with Crippen LogP contribution < -0.4 is 0 Å². The largest absolute Gasteiger partial charge is 0.399 e. The maximum atomic E-state index is 12.7. The smallest absolute Gasteiger partial charge is 0.379 e. The molecule has 2 fully saturated rings. The lowest BCUT2D eigenvalue weighted by Gasteiger charge is -2.46. The van der Waals surface area contributed by atoms with Gasteiger partial charge in [-0.05, 0) is 18.8 Å². The Labute approximate surface area is 75.3 Å². The van der Waals surface area contributed by atoms with Gasteiger partial charge in [0.25, 0.3) is 0 Å². The molecule has 0 aromatic rings. The van der Waals surface area contributed by atoms with Gasteiger partial charge in [-0.25, -0.2) is 0 Å². The van der Waals surface area contributed by atoms with Gasteiger partial charge in [0.15, 0.2) is 0 Å². The van der Waals surface area contributed by atoms with Gasteiger partial charge in [0.05, 0.1) is 13.2 Å². The Kier molecular flexibility index (Phi) is 2.06. The van der Waals surface area contributed by atoms with Crippen molar-refractivity contribution in [1.82, 2.24) is 0 Å². The van der Waals surface area contributed by atoms with Crippen LogP contribution in [-0.2, 0) is 4.74 Å². The number of halogens is 3. The lowest BCUT2D eigenvalue weighted by atomic mass is 9.72. The third kappa shape index (κ3) is 1.26. The monoisotopic (exact) mass is 194 g/mol. The standard InChI is InChI=1S/C9H13F3O/c10-9(11,12)8(5-13-6-8)7-3-1-2-4-7/h7H,1-6H2. The fraction of sp³-hybridized carbons (Fsp3) is 1.00. The zero-order chi connectivity index (χ0) is 9.53. The first kappa shape index (κ1) is 9.31. The van der Waals surface area contributed by atoms with Crippen LogP contribution in [0.4, 0.5) is 13.2 Å². The van der Waals surface area contributed by atoms with Crippen molar-refractivity contribution in [3.8, 4) is 0 Å². The maximum Gasteiger partial charge on any atom is 0.399 e. The average Bonchev–Trinajstić information content (AvgIpc) is 2.32. The molecule has 2 aliphatic rings. The Bertz CT molecular complexity index is 190. The summed E-state index contributed by atoms with van der Waals surface area (Å²) < 4.78 is 42.9. The van der Waals surface area contributed by atoms with E-state index in [2.05, 4.69) is 0 Å². The highest BCUT2D eigenvalue weighted by molar-refractivity contribution is 4.98. The molecule has 4 heteroatoms. The molecule has 0 bridgehead atoms. The molecule has 0 atom stereocenters. The minimum atomic E-state index is -4.07. The fourth-order valence-corrected chi connectivity index (χ4v) is 2.43. The highest BCUT2D eigenvalue weighted by atomic mass is 19.4. The summed E-state index contributed by atoms with van der Waals surface area (Å²) in [6.45, 7) is -0.220. The lowest BCUT2D eigenvalue weighted by Crippen LogP contribution is -2.57. The Hall–Kier alpha value is -0.250. The second kappa shape index (κ2) is 2.87. The Morgan fingerprint density at radius 1 is 1.08 bits per heavy atom. The number of hydrogen-bond acceptors (Lipinski definition) is 1.